The summed E-state index contributed by atoms with van der Waals surface area (Å²) in [7, 11) is 3.65. The molecule has 5 atom stereocenters. The molecule has 2 saturated heterocycles. The lowest BCUT2D eigenvalue weighted by molar-refractivity contribution is -0.153. The molecule has 2 aliphatic heterocycles. The Labute approximate surface area is 417 Å². The number of nitrogens with zero attached hydrogens (tertiary/aromatic N) is 4. The number of nitrogens with one attached hydrogen (secondary N) is 2. The summed E-state index contributed by atoms with van der Waals surface area (Å²) in [5.41, 5.74) is 7.00. The minimum absolute atomic E-state index is 0.160. The second-order valence-corrected chi connectivity index (χ2v) is 17.4. The number of hydrogen-bond acceptors (Lipinski definition) is 12. The van der Waals surface area contributed by atoms with Crippen LogP contribution in [0.2, 0.25) is 0 Å². The Bertz CT molecular complexity index is 2270. The summed E-state index contributed by atoms with van der Waals surface area (Å²) in [4.78, 5) is 63.6. The molecule has 4 aromatic rings. The molecule has 386 valence electrons. The van der Waals surface area contributed by atoms with E-state index in [0.717, 1.165) is 22.6 Å². The van der Waals surface area contributed by atoms with Crippen molar-refractivity contribution in [2.75, 3.05) is 88.8 Å². The Morgan fingerprint density at radius 2 is 1.06 bits per heavy atom. The Kier molecular flexibility index (Phi) is 23.2. The summed E-state index contributed by atoms with van der Waals surface area (Å²) in [6.07, 6.45) is 0.901. The predicted octanol–water partition coefficient (Wildman–Crippen LogP) is 5.79. The summed E-state index contributed by atoms with van der Waals surface area (Å²) in [6, 6.07) is 28.7. The molecule has 0 aromatic heterocycles. The fraction of sp³-hybridized carbons (Fsp3) is 0.462. The average Bonchev–Trinajstić information content (AvgIpc) is 3.40. The zero-order valence-corrected chi connectivity index (χ0v) is 42.0. The smallest absolute Gasteiger partial charge is 0.273 e. The lowest BCUT2D eigenvalue weighted by atomic mass is 9.92. The number of ether oxygens (including phenoxy) is 3. The van der Waals surface area contributed by atoms with Crippen LogP contribution in [0.4, 0.5) is 20.2 Å². The van der Waals surface area contributed by atoms with Crippen LogP contribution in [-0.2, 0) is 41.6 Å². The van der Waals surface area contributed by atoms with E-state index in [1.54, 1.807) is 51.7 Å². The van der Waals surface area contributed by atoms with Gasteiger partial charge in [0.1, 0.15) is 35.3 Å². The first-order valence-corrected chi connectivity index (χ1v) is 25.0. The molecule has 6 rings (SSSR count). The predicted molar refractivity (Wildman–Crippen MR) is 269 cm³/mol. The summed E-state index contributed by atoms with van der Waals surface area (Å²) >= 11 is 0. The second kappa shape index (κ2) is 29.4. The van der Waals surface area contributed by atoms with E-state index in [2.05, 4.69) is 14.7 Å². The minimum Gasteiger partial charge on any atom is -0.494 e. The number of piperazine rings is 2. The molecule has 0 spiro atoms. The van der Waals surface area contributed by atoms with E-state index in [9.17, 15) is 38.3 Å². The van der Waals surface area contributed by atoms with E-state index in [-0.39, 0.29) is 29.8 Å². The molecule has 4 amide bonds. The molecule has 4 N–H and O–H groups in total. The monoisotopic (exact) mass is 1010 g/mol. The van der Waals surface area contributed by atoms with Crippen molar-refractivity contribution in [2.45, 2.75) is 64.6 Å². The van der Waals surface area contributed by atoms with Gasteiger partial charge < -0.3 is 38.9 Å². The first kappa shape index (κ1) is 56.0. The van der Waals surface area contributed by atoms with Crippen molar-refractivity contribution < 1.29 is 57.3 Å². The van der Waals surface area contributed by atoms with Gasteiger partial charge in [0, 0.05) is 59.5 Å². The molecule has 4 aromatic carbocycles. The Hall–Kier alpha value is -5.91. The third-order valence-electron chi connectivity index (χ3n) is 12.5. The molecule has 2 fully saturated rings. The lowest BCUT2D eigenvalue weighted by Crippen LogP contribution is -2.54. The van der Waals surface area contributed by atoms with Crippen molar-refractivity contribution in [3.05, 3.63) is 120 Å². The number of anilines is 2. The van der Waals surface area contributed by atoms with Gasteiger partial charge in [-0.25, -0.2) is 19.7 Å². The van der Waals surface area contributed by atoms with Crippen LogP contribution in [0, 0.1) is 23.5 Å². The molecule has 0 aliphatic carbocycles. The maximum atomic E-state index is 14.2. The third-order valence-corrected chi connectivity index (χ3v) is 12.7. The van der Waals surface area contributed by atoms with Crippen molar-refractivity contribution in [3.8, 4) is 11.5 Å². The number of para-hydroxylation sites is 2. The Morgan fingerprint density at radius 1 is 0.634 bits per heavy atom. The van der Waals surface area contributed by atoms with Crippen LogP contribution in [0.1, 0.15) is 50.7 Å². The van der Waals surface area contributed by atoms with Crippen LogP contribution in [0.3, 0.4) is 0 Å². The number of amides is 4. The van der Waals surface area contributed by atoms with E-state index in [1.165, 1.54) is 19.2 Å². The van der Waals surface area contributed by atoms with Crippen LogP contribution in [0.5, 0.6) is 11.5 Å². The number of carbonyl (C=O) groups is 4. The number of halogens is 2. The molecule has 19 heteroatoms. The second-order valence-electron chi connectivity index (χ2n) is 17.0. The largest absolute Gasteiger partial charge is 0.494 e. The SMILES string of the molecule is CCOc1ccc(CCC[C@@H](C(=O)N2CCN(c3ccccc3F)CC2)[C@H](O)C(=O)NOCP)cc1.CCOc1ccc(CCC[C@@H](C(=O)N2CCN(c3ccccc3F)CC2)[C@H](OC)C(=O)NO)cc1. The molecule has 0 radical (unpaired) electrons. The number of hydrogen-bond donors (Lipinski definition) is 4. The van der Waals surface area contributed by atoms with Gasteiger partial charge in [0.2, 0.25) is 11.8 Å². The fourth-order valence-corrected chi connectivity index (χ4v) is 8.89. The third kappa shape index (κ3) is 16.6. The quantitative estimate of drug-likeness (QED) is 0.0400. The van der Waals surface area contributed by atoms with Gasteiger partial charge in [-0.05, 0) is 112 Å². The number of rotatable bonds is 23. The molecule has 0 bridgehead atoms. The van der Waals surface area contributed by atoms with Crippen LogP contribution in [-0.4, -0.2) is 135 Å². The van der Waals surface area contributed by atoms with Crippen molar-refractivity contribution in [2.24, 2.45) is 11.8 Å². The molecule has 71 heavy (non-hydrogen) atoms. The number of aryl methyl sites for hydroxylation is 2. The van der Waals surface area contributed by atoms with Crippen molar-refractivity contribution in [3.63, 3.8) is 0 Å². The first-order chi connectivity index (χ1) is 34.4. The highest BCUT2D eigenvalue weighted by molar-refractivity contribution is 7.16. The van der Waals surface area contributed by atoms with Gasteiger partial charge in [0.15, 0.2) is 0 Å². The topological polar surface area (TPSA) is 183 Å². The molecular formula is C52H69F2N6O10P. The van der Waals surface area contributed by atoms with Gasteiger partial charge in [-0.3, -0.25) is 29.2 Å². The van der Waals surface area contributed by atoms with E-state index in [0.29, 0.717) is 115 Å². The van der Waals surface area contributed by atoms with E-state index >= 15 is 0 Å². The standard InChI is InChI=1S/C26H35FN3O5P.C26H34FN3O5/c1-2-34-20-12-10-19(11-13-20)6-5-7-21(24(31)25(32)28-35-18-36)26(33)30-16-14-29(15-17-30)23-9-4-3-8-22(23)27;1-3-35-20-13-11-19(12-14-20)7-6-8-21(24(34-2)25(31)28-33)26(32)30-17-15-29(16-18-30)23-10-5-4-9-22(23)27/h3-4,8-13,21,24,31H,2,5-7,14-18,36H2,1H3,(H,28,32);4-5,9-14,21,24,33H,3,6-8,15-18H2,1-2H3,(H,28,31)/t2*21-,24+/m11/s1. The molecule has 2 heterocycles. The van der Waals surface area contributed by atoms with Crippen molar-refractivity contribution in [1.29, 1.82) is 0 Å². The summed E-state index contributed by atoms with van der Waals surface area (Å²) in [5.74, 6) is -2.66. The van der Waals surface area contributed by atoms with Crippen molar-refractivity contribution >= 4 is 44.2 Å². The van der Waals surface area contributed by atoms with Crippen LogP contribution < -0.4 is 30.2 Å². The number of hydroxylamine groups is 2. The zero-order chi connectivity index (χ0) is 51.1. The van der Waals surface area contributed by atoms with E-state index in [4.69, 9.17) is 19.0 Å². The van der Waals surface area contributed by atoms with Gasteiger partial charge in [0.25, 0.3) is 11.8 Å². The maximum Gasteiger partial charge on any atom is 0.273 e. The number of carbonyl (C=O) groups excluding carboxylic acids is 4. The highest BCUT2D eigenvalue weighted by Gasteiger charge is 2.38. The molecular weight excluding hydrogens is 938 g/mol. The minimum atomic E-state index is -1.54. The van der Waals surface area contributed by atoms with Gasteiger partial charge in [0.05, 0.1) is 42.8 Å². The van der Waals surface area contributed by atoms with E-state index < -0.39 is 35.9 Å². The van der Waals surface area contributed by atoms with Crippen LogP contribution >= 0.6 is 9.24 Å². The highest BCUT2D eigenvalue weighted by Crippen LogP contribution is 2.26. The van der Waals surface area contributed by atoms with Crippen molar-refractivity contribution in [1.82, 2.24) is 20.8 Å². The highest BCUT2D eigenvalue weighted by atomic mass is 31.0. The summed E-state index contributed by atoms with van der Waals surface area (Å²) < 4.78 is 44.6. The molecule has 1 unspecified atom stereocenters. The molecule has 16 nitrogen and oxygen atoms in total. The number of aliphatic hydroxyl groups excluding tert-OH is 1. The van der Waals surface area contributed by atoms with Gasteiger partial charge >= 0.3 is 0 Å². The molecule has 2 aliphatic rings. The normalized spacial score (nSPS) is 15.4. The van der Waals surface area contributed by atoms with Gasteiger partial charge in [-0.2, -0.15) is 0 Å². The molecule has 0 saturated carbocycles. The Balaban J connectivity index is 0.000000264. The Morgan fingerprint density at radius 3 is 1.45 bits per heavy atom. The van der Waals surface area contributed by atoms with E-state index in [1.807, 2.05) is 72.2 Å². The summed E-state index contributed by atoms with van der Waals surface area (Å²) in [6.45, 7) is 8.49. The number of methoxy groups -OCH3 is 1. The maximum absolute atomic E-state index is 14.2. The lowest BCUT2D eigenvalue weighted by Gasteiger charge is -2.38. The number of benzene rings is 4. The number of aliphatic hydroxyl groups is 1. The fourth-order valence-electron chi connectivity index (χ4n) is 8.81. The van der Waals surface area contributed by atoms with Gasteiger partial charge in [-0.1, -0.05) is 48.5 Å². The van der Waals surface area contributed by atoms with Crippen LogP contribution in [0.15, 0.2) is 97.1 Å². The van der Waals surface area contributed by atoms with Gasteiger partial charge in [-0.15, -0.1) is 9.24 Å². The first-order valence-electron chi connectivity index (χ1n) is 24.2. The average molecular weight is 1010 g/mol. The zero-order valence-electron chi connectivity index (χ0n) is 40.9. The summed E-state index contributed by atoms with van der Waals surface area (Å²) in [5, 5.41) is 19.9. The van der Waals surface area contributed by atoms with Crippen LogP contribution in [0.25, 0.3) is 0 Å².